The van der Waals surface area contributed by atoms with Gasteiger partial charge in [0.25, 0.3) is 5.91 Å². The Morgan fingerprint density at radius 1 is 1.04 bits per heavy atom. The third kappa shape index (κ3) is 3.82. The standard InChI is InChI=1S/C16H12F3N5O/c17-16(18,19)12-8-6-11(7-9-12)15(25)20-13(14-21-23-24-22-14)10-4-2-1-3-5-10/h1-9,13H,(H,20,25)(H,21,22,23,24)/t13-/m0/s1. The number of alkyl halides is 3. The topological polar surface area (TPSA) is 83.6 Å². The molecule has 0 aliphatic heterocycles. The van der Waals surface area contributed by atoms with E-state index >= 15 is 0 Å². The summed E-state index contributed by atoms with van der Waals surface area (Å²) in [5.74, 6) is -0.307. The maximum atomic E-state index is 12.6. The van der Waals surface area contributed by atoms with Crippen LogP contribution < -0.4 is 5.32 Å². The minimum Gasteiger partial charge on any atom is -0.338 e. The van der Waals surface area contributed by atoms with Gasteiger partial charge in [-0.25, -0.2) is 0 Å². The summed E-state index contributed by atoms with van der Waals surface area (Å²) in [6, 6.07) is 12.2. The number of aromatic amines is 1. The van der Waals surface area contributed by atoms with Crippen molar-refractivity contribution < 1.29 is 18.0 Å². The van der Waals surface area contributed by atoms with Gasteiger partial charge in [0, 0.05) is 5.56 Å². The lowest BCUT2D eigenvalue weighted by atomic mass is 10.1. The molecule has 2 N–H and O–H groups in total. The van der Waals surface area contributed by atoms with E-state index in [1.165, 1.54) is 0 Å². The van der Waals surface area contributed by atoms with Crippen LogP contribution >= 0.6 is 0 Å². The van der Waals surface area contributed by atoms with Gasteiger partial charge in [0.2, 0.25) is 5.82 Å². The molecule has 0 aliphatic carbocycles. The van der Waals surface area contributed by atoms with Crippen LogP contribution in [-0.2, 0) is 6.18 Å². The molecule has 6 nitrogen and oxygen atoms in total. The fraction of sp³-hybridized carbons (Fsp3) is 0.125. The number of aromatic nitrogens is 4. The number of amides is 1. The number of carbonyl (C=O) groups excluding carboxylic acids is 1. The zero-order valence-corrected chi connectivity index (χ0v) is 12.7. The molecule has 0 unspecified atom stereocenters. The van der Waals surface area contributed by atoms with Gasteiger partial charge in [-0.1, -0.05) is 35.5 Å². The minimum atomic E-state index is -4.45. The summed E-state index contributed by atoms with van der Waals surface area (Å²) >= 11 is 0. The number of tetrazole rings is 1. The number of nitrogens with zero attached hydrogens (tertiary/aromatic N) is 3. The molecule has 0 bridgehead atoms. The van der Waals surface area contributed by atoms with E-state index in [-0.39, 0.29) is 11.4 Å². The van der Waals surface area contributed by atoms with Crippen molar-refractivity contribution in [2.45, 2.75) is 12.2 Å². The molecule has 0 saturated carbocycles. The highest BCUT2D eigenvalue weighted by Gasteiger charge is 2.30. The Labute approximate surface area is 140 Å². The average Bonchev–Trinajstić information content (AvgIpc) is 3.14. The van der Waals surface area contributed by atoms with Crippen molar-refractivity contribution in [3.8, 4) is 0 Å². The smallest absolute Gasteiger partial charge is 0.338 e. The van der Waals surface area contributed by atoms with Crippen molar-refractivity contribution in [1.82, 2.24) is 25.9 Å². The van der Waals surface area contributed by atoms with Crippen LogP contribution in [-0.4, -0.2) is 26.5 Å². The van der Waals surface area contributed by atoms with E-state index in [1.807, 2.05) is 6.07 Å². The second-order valence-corrected chi connectivity index (χ2v) is 5.16. The summed E-state index contributed by atoms with van der Waals surface area (Å²) in [5.41, 5.74) is -0.0107. The normalized spacial score (nSPS) is 12.6. The second-order valence-electron chi connectivity index (χ2n) is 5.16. The molecule has 1 aromatic heterocycles. The van der Waals surface area contributed by atoms with Gasteiger partial charge in [0.1, 0.15) is 6.04 Å². The number of H-pyrrole nitrogens is 1. The molecule has 128 valence electrons. The van der Waals surface area contributed by atoms with Crippen molar-refractivity contribution in [2.24, 2.45) is 0 Å². The highest BCUT2D eigenvalue weighted by atomic mass is 19.4. The van der Waals surface area contributed by atoms with Gasteiger partial charge in [0.05, 0.1) is 5.56 Å². The van der Waals surface area contributed by atoms with Gasteiger partial charge < -0.3 is 5.32 Å². The van der Waals surface area contributed by atoms with E-state index in [2.05, 4.69) is 25.9 Å². The molecule has 0 saturated heterocycles. The number of hydrogen-bond donors (Lipinski definition) is 2. The largest absolute Gasteiger partial charge is 0.416 e. The van der Waals surface area contributed by atoms with Crippen LogP contribution in [0, 0.1) is 0 Å². The fourth-order valence-electron chi connectivity index (χ4n) is 2.26. The van der Waals surface area contributed by atoms with Crippen LogP contribution in [0.1, 0.15) is 33.4 Å². The van der Waals surface area contributed by atoms with Crippen LogP contribution in [0.3, 0.4) is 0 Å². The average molecular weight is 347 g/mol. The summed E-state index contributed by atoms with van der Waals surface area (Å²) in [6.07, 6.45) is -4.45. The van der Waals surface area contributed by atoms with Gasteiger partial charge in [-0.3, -0.25) is 4.79 Å². The van der Waals surface area contributed by atoms with E-state index in [0.717, 1.165) is 24.3 Å². The molecular formula is C16H12F3N5O. The van der Waals surface area contributed by atoms with E-state index in [4.69, 9.17) is 0 Å². The first-order chi connectivity index (χ1) is 11.9. The predicted molar refractivity (Wildman–Crippen MR) is 81.4 cm³/mol. The maximum absolute atomic E-state index is 12.6. The Hall–Kier alpha value is -3.23. The van der Waals surface area contributed by atoms with Gasteiger partial charge >= 0.3 is 6.18 Å². The first-order valence-electron chi connectivity index (χ1n) is 7.21. The number of halogens is 3. The Bertz CT molecular complexity index is 832. The van der Waals surface area contributed by atoms with Crippen LogP contribution in [0.4, 0.5) is 13.2 Å². The number of rotatable bonds is 4. The zero-order chi connectivity index (χ0) is 17.9. The summed E-state index contributed by atoms with van der Waals surface area (Å²) in [4.78, 5) is 12.4. The Kier molecular flexibility index (Phi) is 4.46. The minimum absolute atomic E-state index is 0.0948. The number of benzene rings is 2. The van der Waals surface area contributed by atoms with E-state index in [9.17, 15) is 18.0 Å². The first kappa shape index (κ1) is 16.6. The van der Waals surface area contributed by atoms with Crippen molar-refractivity contribution in [1.29, 1.82) is 0 Å². The number of carbonyl (C=O) groups is 1. The van der Waals surface area contributed by atoms with Gasteiger partial charge in [-0.05, 0) is 29.8 Å². The molecule has 1 atom stereocenters. The van der Waals surface area contributed by atoms with Crippen molar-refractivity contribution in [3.05, 3.63) is 77.1 Å². The molecule has 1 heterocycles. The van der Waals surface area contributed by atoms with Crippen LogP contribution in [0.15, 0.2) is 54.6 Å². The fourth-order valence-corrected chi connectivity index (χ4v) is 2.26. The summed E-state index contributed by atoms with van der Waals surface area (Å²) in [5, 5.41) is 16.2. The molecular weight excluding hydrogens is 335 g/mol. The molecule has 0 spiro atoms. The molecule has 3 aromatic rings. The molecule has 2 aromatic carbocycles. The van der Waals surface area contributed by atoms with Crippen molar-refractivity contribution in [2.75, 3.05) is 0 Å². The number of nitrogens with one attached hydrogen (secondary N) is 2. The van der Waals surface area contributed by atoms with Gasteiger partial charge in [0.15, 0.2) is 0 Å². The number of hydrogen-bond acceptors (Lipinski definition) is 4. The quantitative estimate of drug-likeness (QED) is 0.760. The summed E-state index contributed by atoms with van der Waals surface area (Å²) in [7, 11) is 0. The van der Waals surface area contributed by atoms with Gasteiger partial charge in [-0.2, -0.15) is 18.4 Å². The lowest BCUT2D eigenvalue weighted by Gasteiger charge is -2.16. The van der Waals surface area contributed by atoms with E-state index in [1.54, 1.807) is 24.3 Å². The van der Waals surface area contributed by atoms with Crippen molar-refractivity contribution >= 4 is 5.91 Å². The van der Waals surface area contributed by atoms with Crippen LogP contribution in [0.25, 0.3) is 0 Å². The second kappa shape index (κ2) is 6.71. The molecule has 25 heavy (non-hydrogen) atoms. The molecule has 1 amide bonds. The first-order valence-corrected chi connectivity index (χ1v) is 7.21. The van der Waals surface area contributed by atoms with Crippen LogP contribution in [0.5, 0.6) is 0 Å². The van der Waals surface area contributed by atoms with E-state index in [0.29, 0.717) is 5.56 Å². The van der Waals surface area contributed by atoms with Crippen LogP contribution in [0.2, 0.25) is 0 Å². The molecule has 9 heteroatoms. The summed E-state index contributed by atoms with van der Waals surface area (Å²) in [6.45, 7) is 0. The Morgan fingerprint density at radius 2 is 1.72 bits per heavy atom. The monoisotopic (exact) mass is 347 g/mol. The zero-order valence-electron chi connectivity index (χ0n) is 12.7. The van der Waals surface area contributed by atoms with Gasteiger partial charge in [-0.15, -0.1) is 10.2 Å². The van der Waals surface area contributed by atoms with Crippen molar-refractivity contribution in [3.63, 3.8) is 0 Å². The maximum Gasteiger partial charge on any atom is 0.416 e. The summed E-state index contributed by atoms with van der Waals surface area (Å²) < 4.78 is 37.8. The molecule has 0 aliphatic rings. The lowest BCUT2D eigenvalue weighted by Crippen LogP contribution is -2.30. The molecule has 0 radical (unpaired) electrons. The third-order valence-corrected chi connectivity index (χ3v) is 3.50. The predicted octanol–water partition coefficient (Wildman–Crippen LogP) is 2.74. The lowest BCUT2D eigenvalue weighted by molar-refractivity contribution is -0.137. The molecule has 3 rings (SSSR count). The Morgan fingerprint density at radius 3 is 2.28 bits per heavy atom. The Balaban J connectivity index is 1.84. The van der Waals surface area contributed by atoms with E-state index < -0.39 is 23.7 Å². The third-order valence-electron chi connectivity index (χ3n) is 3.50. The highest BCUT2D eigenvalue weighted by molar-refractivity contribution is 5.94. The SMILES string of the molecule is O=C(N[C@@H](c1ccccc1)c1nn[nH]n1)c1ccc(C(F)(F)F)cc1. The highest BCUT2D eigenvalue weighted by Crippen LogP contribution is 2.29. The molecule has 0 fully saturated rings.